The maximum Gasteiger partial charge on any atom is 0.269 e. The molecule has 0 aliphatic rings. The Kier molecular flexibility index (Phi) is 4.56. The Morgan fingerprint density at radius 1 is 1.06 bits per heavy atom. The number of non-ortho nitro benzene ring substituents is 1. The van der Waals surface area contributed by atoms with E-state index >= 15 is 0 Å². The smallest absolute Gasteiger partial charge is 0.269 e. The van der Waals surface area contributed by atoms with E-state index in [2.05, 4.69) is 0 Å². The molecule has 0 saturated carbocycles. The first-order valence-corrected chi connectivity index (χ1v) is 5.13. The second kappa shape index (κ2) is 5.72. The topological polar surface area (TPSA) is 104 Å². The first kappa shape index (κ1) is 13.6. The van der Waals surface area contributed by atoms with E-state index in [0.29, 0.717) is 5.56 Å². The lowest BCUT2D eigenvalue weighted by Gasteiger charge is -2.27. The van der Waals surface area contributed by atoms with Gasteiger partial charge >= 0.3 is 0 Å². The first-order valence-electron chi connectivity index (χ1n) is 5.13. The predicted octanol–water partition coefficient (Wildman–Crippen LogP) is 0.101. The van der Waals surface area contributed by atoms with Crippen molar-refractivity contribution in [2.24, 2.45) is 5.41 Å². The molecule has 0 saturated heterocycles. The third-order valence-electron chi connectivity index (χ3n) is 2.73. The van der Waals surface area contributed by atoms with Gasteiger partial charge in [-0.05, 0) is 12.0 Å². The van der Waals surface area contributed by atoms with Crippen molar-refractivity contribution in [1.29, 1.82) is 0 Å². The minimum Gasteiger partial charge on any atom is -0.396 e. The molecule has 1 rings (SSSR count). The zero-order valence-corrected chi connectivity index (χ0v) is 9.24. The van der Waals surface area contributed by atoms with E-state index in [-0.39, 0.29) is 31.9 Å². The van der Waals surface area contributed by atoms with Gasteiger partial charge in [0.1, 0.15) is 0 Å². The van der Waals surface area contributed by atoms with Crippen LogP contribution in [0.1, 0.15) is 5.56 Å². The largest absolute Gasteiger partial charge is 0.396 e. The van der Waals surface area contributed by atoms with Gasteiger partial charge in [-0.1, -0.05) is 12.1 Å². The maximum atomic E-state index is 10.5. The molecule has 17 heavy (non-hydrogen) atoms. The summed E-state index contributed by atoms with van der Waals surface area (Å²) in [7, 11) is 0. The van der Waals surface area contributed by atoms with Gasteiger partial charge in [-0.15, -0.1) is 0 Å². The molecule has 3 N–H and O–H groups in total. The van der Waals surface area contributed by atoms with Gasteiger partial charge in [0.05, 0.1) is 24.7 Å². The molecule has 0 amide bonds. The molecule has 0 spiro atoms. The third-order valence-corrected chi connectivity index (χ3v) is 2.73. The zero-order chi connectivity index (χ0) is 12.9. The van der Waals surface area contributed by atoms with Gasteiger partial charge in [-0.3, -0.25) is 10.1 Å². The number of aliphatic hydroxyl groups excluding tert-OH is 3. The Labute approximate surface area is 98.3 Å². The molecule has 1 aromatic carbocycles. The van der Waals surface area contributed by atoms with Crippen LogP contribution in [0.25, 0.3) is 0 Å². The van der Waals surface area contributed by atoms with E-state index in [1.807, 2.05) is 0 Å². The van der Waals surface area contributed by atoms with Gasteiger partial charge < -0.3 is 15.3 Å². The summed E-state index contributed by atoms with van der Waals surface area (Å²) in [6.07, 6.45) is 0.258. The lowest BCUT2D eigenvalue weighted by molar-refractivity contribution is -0.384. The monoisotopic (exact) mass is 241 g/mol. The van der Waals surface area contributed by atoms with Gasteiger partial charge in [-0.25, -0.2) is 0 Å². The molecule has 6 heteroatoms. The quantitative estimate of drug-likeness (QED) is 0.484. The van der Waals surface area contributed by atoms with Gasteiger partial charge in [0.2, 0.25) is 0 Å². The molecule has 94 valence electrons. The average Bonchev–Trinajstić information content (AvgIpc) is 2.37. The SMILES string of the molecule is O=[N+]([O-])c1ccc(CC(CO)(CO)CO)cc1. The van der Waals surface area contributed by atoms with Crippen LogP contribution in [0.2, 0.25) is 0 Å². The molecule has 0 radical (unpaired) electrons. The minimum atomic E-state index is -0.990. The van der Waals surface area contributed by atoms with Crippen molar-refractivity contribution in [3.8, 4) is 0 Å². The number of aliphatic hydroxyl groups is 3. The van der Waals surface area contributed by atoms with Crippen molar-refractivity contribution in [2.75, 3.05) is 19.8 Å². The van der Waals surface area contributed by atoms with Crippen molar-refractivity contribution in [2.45, 2.75) is 6.42 Å². The maximum absolute atomic E-state index is 10.5. The molecular weight excluding hydrogens is 226 g/mol. The van der Waals surface area contributed by atoms with Crippen molar-refractivity contribution < 1.29 is 20.2 Å². The molecule has 0 heterocycles. The molecule has 0 aliphatic carbocycles. The van der Waals surface area contributed by atoms with Crippen LogP contribution >= 0.6 is 0 Å². The van der Waals surface area contributed by atoms with Crippen LogP contribution in [0.5, 0.6) is 0 Å². The van der Waals surface area contributed by atoms with Crippen LogP contribution in [0.15, 0.2) is 24.3 Å². The van der Waals surface area contributed by atoms with E-state index in [9.17, 15) is 10.1 Å². The second-order valence-corrected chi connectivity index (χ2v) is 4.07. The highest BCUT2D eigenvalue weighted by atomic mass is 16.6. The van der Waals surface area contributed by atoms with Crippen molar-refractivity contribution in [1.82, 2.24) is 0 Å². The van der Waals surface area contributed by atoms with E-state index in [4.69, 9.17) is 15.3 Å². The first-order chi connectivity index (χ1) is 8.06. The fourth-order valence-electron chi connectivity index (χ4n) is 1.49. The van der Waals surface area contributed by atoms with Crippen LogP contribution in [0, 0.1) is 15.5 Å². The minimum absolute atomic E-state index is 0.0173. The number of hydrogen-bond acceptors (Lipinski definition) is 5. The standard InChI is InChI=1S/C11H15NO5/c13-6-11(7-14,8-15)5-9-1-3-10(4-2-9)12(16)17/h1-4,13-15H,5-8H2. The second-order valence-electron chi connectivity index (χ2n) is 4.07. The van der Waals surface area contributed by atoms with Crippen LogP contribution in [-0.4, -0.2) is 40.1 Å². The molecular formula is C11H15NO5. The van der Waals surface area contributed by atoms with Gasteiger partial charge in [0, 0.05) is 17.5 Å². The Morgan fingerprint density at radius 3 is 1.88 bits per heavy atom. The fraction of sp³-hybridized carbons (Fsp3) is 0.455. The summed E-state index contributed by atoms with van der Waals surface area (Å²) in [5, 5.41) is 37.9. The van der Waals surface area contributed by atoms with Gasteiger partial charge in [0.25, 0.3) is 5.69 Å². The van der Waals surface area contributed by atoms with Crippen molar-refractivity contribution in [3.63, 3.8) is 0 Å². The highest BCUT2D eigenvalue weighted by molar-refractivity contribution is 5.33. The number of benzene rings is 1. The number of nitrogens with zero attached hydrogens (tertiary/aromatic N) is 1. The van der Waals surface area contributed by atoms with Crippen LogP contribution < -0.4 is 0 Å². The molecule has 0 atom stereocenters. The summed E-state index contributed by atoms with van der Waals surface area (Å²) in [5.41, 5.74) is -0.292. The third kappa shape index (κ3) is 3.23. The summed E-state index contributed by atoms with van der Waals surface area (Å²) < 4.78 is 0. The summed E-state index contributed by atoms with van der Waals surface area (Å²) in [4.78, 5) is 9.95. The Hall–Kier alpha value is -1.50. The summed E-state index contributed by atoms with van der Waals surface area (Å²) in [5.74, 6) is 0. The lowest BCUT2D eigenvalue weighted by atomic mass is 9.84. The van der Waals surface area contributed by atoms with Crippen LogP contribution in [0.4, 0.5) is 5.69 Å². The van der Waals surface area contributed by atoms with Gasteiger partial charge in [0.15, 0.2) is 0 Å². The molecule has 6 nitrogen and oxygen atoms in total. The van der Waals surface area contributed by atoms with E-state index in [0.717, 1.165) is 0 Å². The van der Waals surface area contributed by atoms with Gasteiger partial charge in [-0.2, -0.15) is 0 Å². The highest BCUT2D eigenvalue weighted by Crippen LogP contribution is 2.23. The molecule has 0 unspecified atom stereocenters. The highest BCUT2D eigenvalue weighted by Gasteiger charge is 2.28. The van der Waals surface area contributed by atoms with E-state index in [1.165, 1.54) is 12.1 Å². The summed E-state index contributed by atoms with van der Waals surface area (Å²) in [6.45, 7) is -1.05. The molecule has 0 fully saturated rings. The molecule has 0 aromatic heterocycles. The Balaban J connectivity index is 2.84. The number of nitro benzene ring substituents is 1. The fourth-order valence-corrected chi connectivity index (χ4v) is 1.49. The van der Waals surface area contributed by atoms with Crippen LogP contribution in [0.3, 0.4) is 0 Å². The molecule has 1 aromatic rings. The normalized spacial score (nSPS) is 11.5. The lowest BCUT2D eigenvalue weighted by Crippen LogP contribution is -2.36. The van der Waals surface area contributed by atoms with Crippen LogP contribution in [-0.2, 0) is 6.42 Å². The van der Waals surface area contributed by atoms with E-state index < -0.39 is 10.3 Å². The molecule has 0 aliphatic heterocycles. The summed E-state index contributed by atoms with van der Waals surface area (Å²) in [6, 6.07) is 5.81. The van der Waals surface area contributed by atoms with Crippen molar-refractivity contribution >= 4 is 5.69 Å². The Morgan fingerprint density at radius 2 is 1.53 bits per heavy atom. The Bertz CT molecular complexity index is 364. The average molecular weight is 241 g/mol. The zero-order valence-electron chi connectivity index (χ0n) is 9.24. The number of hydrogen-bond donors (Lipinski definition) is 3. The summed E-state index contributed by atoms with van der Waals surface area (Å²) >= 11 is 0. The number of nitro groups is 1. The number of rotatable bonds is 6. The molecule has 0 bridgehead atoms. The predicted molar refractivity (Wildman–Crippen MR) is 60.5 cm³/mol. The van der Waals surface area contributed by atoms with Crippen molar-refractivity contribution in [3.05, 3.63) is 39.9 Å². The van der Waals surface area contributed by atoms with E-state index in [1.54, 1.807) is 12.1 Å².